The van der Waals surface area contributed by atoms with E-state index in [-0.39, 0.29) is 26.1 Å². The number of unbranched alkanes of at least 4 members (excludes halogenated alkanes) is 16. The third kappa shape index (κ3) is 43.1. The number of allylic oxidation sites excluding steroid dienone is 10. The Morgan fingerprint density at radius 2 is 0.947 bits per heavy atom. The maximum absolute atomic E-state index is 12.7. The minimum Gasteiger partial charge on any atom is -0.756 e. The van der Waals surface area contributed by atoms with Gasteiger partial charge in [-0.1, -0.05) is 139 Å². The zero-order valence-corrected chi connectivity index (χ0v) is 37.9. The molecule has 0 spiro atoms. The van der Waals surface area contributed by atoms with Crippen molar-refractivity contribution in [3.05, 3.63) is 60.8 Å². The van der Waals surface area contributed by atoms with Gasteiger partial charge in [-0.3, -0.25) is 14.2 Å². The molecule has 0 aliphatic rings. The molecule has 0 aromatic heterocycles. The molecule has 0 aliphatic heterocycles. The molecular formula is C47H84NO8P. The average Bonchev–Trinajstić information content (AvgIpc) is 3.16. The lowest BCUT2D eigenvalue weighted by Crippen LogP contribution is -2.37. The number of hydrogen-bond donors (Lipinski definition) is 0. The Labute approximate surface area is 349 Å². The Morgan fingerprint density at radius 1 is 0.544 bits per heavy atom. The van der Waals surface area contributed by atoms with Gasteiger partial charge in [0.15, 0.2) is 6.10 Å². The third-order valence-corrected chi connectivity index (χ3v) is 10.2. The number of ether oxygens (including phenoxy) is 2. The minimum atomic E-state index is -4.64. The Hall–Kier alpha value is -2.29. The highest BCUT2D eigenvalue weighted by molar-refractivity contribution is 7.45. The van der Waals surface area contributed by atoms with E-state index in [1.54, 1.807) is 0 Å². The number of likely N-dealkylation sites (N-methyl/N-ethyl adjacent to an activating group) is 1. The van der Waals surface area contributed by atoms with Crippen molar-refractivity contribution in [1.29, 1.82) is 0 Å². The van der Waals surface area contributed by atoms with E-state index < -0.39 is 32.5 Å². The number of hydrogen-bond acceptors (Lipinski definition) is 8. The number of rotatable bonds is 40. The SMILES string of the molecule is CCCCC/C=C\C/C=C\C/C=C\C/C=C\CCCCCC(=O)O[C@H](COC(=O)CCCCCCC/C=C\CCCCCCC)COP(=O)([O-])OCC[N+](C)(C)C. The predicted molar refractivity (Wildman–Crippen MR) is 236 cm³/mol. The second-order valence-corrected chi connectivity index (χ2v) is 17.5. The lowest BCUT2D eigenvalue weighted by atomic mass is 10.1. The molecule has 0 N–H and O–H groups in total. The second kappa shape index (κ2) is 39.2. The van der Waals surface area contributed by atoms with Gasteiger partial charge in [-0.15, -0.1) is 0 Å². The van der Waals surface area contributed by atoms with Gasteiger partial charge >= 0.3 is 11.9 Å². The number of phosphoric acid groups is 1. The molecule has 0 aromatic carbocycles. The van der Waals surface area contributed by atoms with Crippen molar-refractivity contribution in [2.45, 2.75) is 180 Å². The third-order valence-electron chi connectivity index (χ3n) is 9.26. The van der Waals surface area contributed by atoms with Gasteiger partial charge in [0.25, 0.3) is 7.82 Å². The van der Waals surface area contributed by atoms with Gasteiger partial charge in [-0.05, 0) is 83.5 Å². The maximum Gasteiger partial charge on any atom is 0.306 e. The lowest BCUT2D eigenvalue weighted by Gasteiger charge is -2.28. The van der Waals surface area contributed by atoms with Crippen LogP contribution in [0.4, 0.5) is 0 Å². The first-order chi connectivity index (χ1) is 27.5. The van der Waals surface area contributed by atoms with E-state index in [1.807, 2.05) is 21.1 Å². The van der Waals surface area contributed by atoms with E-state index in [2.05, 4.69) is 74.6 Å². The predicted octanol–water partition coefficient (Wildman–Crippen LogP) is 12.2. The van der Waals surface area contributed by atoms with Crippen LogP contribution in [-0.2, 0) is 32.7 Å². The monoisotopic (exact) mass is 822 g/mol. The standard InChI is InChI=1S/C47H84NO8P/c1-6-8-10-12-14-16-18-20-22-23-24-25-26-28-30-32-34-36-38-40-47(50)56-45(44-55-57(51,52)54-42-41-48(3,4)5)43-53-46(49)39-37-35-33-31-29-27-21-19-17-15-13-11-9-7-2/h14,16,19-22,24-25,28,30,45H,6-13,15,17-18,23,26-27,29,31-44H2,1-5H3/b16-14-,21-19-,22-20-,25-24-,30-28-/t45-/m1/s1. The second-order valence-electron chi connectivity index (χ2n) is 16.1. The molecule has 0 heterocycles. The van der Waals surface area contributed by atoms with Crippen molar-refractivity contribution in [2.75, 3.05) is 47.5 Å². The van der Waals surface area contributed by atoms with Crippen molar-refractivity contribution >= 4 is 19.8 Å². The molecule has 0 saturated carbocycles. The largest absolute Gasteiger partial charge is 0.756 e. The van der Waals surface area contributed by atoms with Crippen LogP contribution in [0.15, 0.2) is 60.8 Å². The summed E-state index contributed by atoms with van der Waals surface area (Å²) in [5.74, 6) is -0.884. The number of carbonyl (C=O) groups is 2. The highest BCUT2D eigenvalue weighted by Gasteiger charge is 2.21. The van der Waals surface area contributed by atoms with Gasteiger partial charge in [0.2, 0.25) is 0 Å². The smallest absolute Gasteiger partial charge is 0.306 e. The average molecular weight is 822 g/mol. The van der Waals surface area contributed by atoms with Crippen LogP contribution in [0.3, 0.4) is 0 Å². The van der Waals surface area contributed by atoms with Crippen molar-refractivity contribution in [3.8, 4) is 0 Å². The van der Waals surface area contributed by atoms with E-state index in [0.717, 1.165) is 70.6 Å². The van der Waals surface area contributed by atoms with Gasteiger partial charge in [0, 0.05) is 12.8 Å². The van der Waals surface area contributed by atoms with Crippen molar-refractivity contribution in [1.82, 2.24) is 0 Å². The van der Waals surface area contributed by atoms with Crippen LogP contribution in [0.2, 0.25) is 0 Å². The number of esters is 2. The highest BCUT2D eigenvalue weighted by Crippen LogP contribution is 2.38. The molecule has 1 unspecified atom stereocenters. The molecular weight excluding hydrogens is 737 g/mol. The van der Waals surface area contributed by atoms with E-state index in [0.29, 0.717) is 23.9 Å². The molecule has 0 radical (unpaired) electrons. The summed E-state index contributed by atoms with van der Waals surface area (Å²) in [6.45, 7) is 4.13. The first kappa shape index (κ1) is 54.7. The van der Waals surface area contributed by atoms with Crippen molar-refractivity contribution in [3.63, 3.8) is 0 Å². The number of carbonyl (C=O) groups excluding carboxylic acids is 2. The summed E-state index contributed by atoms with van der Waals surface area (Å²) in [6.07, 6.45) is 46.7. The molecule has 0 aliphatic carbocycles. The Morgan fingerprint density at radius 3 is 1.47 bits per heavy atom. The molecule has 10 heteroatoms. The van der Waals surface area contributed by atoms with Gasteiger partial charge in [-0.25, -0.2) is 0 Å². The molecule has 0 saturated heterocycles. The molecule has 330 valence electrons. The zero-order valence-electron chi connectivity index (χ0n) is 37.0. The Balaban J connectivity index is 4.44. The number of quaternary nitrogens is 1. The summed E-state index contributed by atoms with van der Waals surface area (Å²) >= 11 is 0. The van der Waals surface area contributed by atoms with E-state index >= 15 is 0 Å². The zero-order chi connectivity index (χ0) is 42.1. The van der Waals surface area contributed by atoms with Crippen LogP contribution < -0.4 is 4.89 Å². The summed E-state index contributed by atoms with van der Waals surface area (Å²) in [6, 6.07) is 0. The summed E-state index contributed by atoms with van der Waals surface area (Å²) in [5.41, 5.74) is 0. The molecule has 0 rings (SSSR count). The fourth-order valence-electron chi connectivity index (χ4n) is 5.69. The molecule has 9 nitrogen and oxygen atoms in total. The van der Waals surface area contributed by atoms with Gasteiger partial charge in [0.05, 0.1) is 27.7 Å². The van der Waals surface area contributed by atoms with Crippen LogP contribution in [-0.4, -0.2) is 70.0 Å². The van der Waals surface area contributed by atoms with Crippen molar-refractivity contribution in [2.24, 2.45) is 0 Å². The number of nitrogens with zero attached hydrogens (tertiary/aromatic N) is 1. The van der Waals surface area contributed by atoms with E-state index in [9.17, 15) is 19.0 Å². The summed E-state index contributed by atoms with van der Waals surface area (Å²) in [4.78, 5) is 37.5. The topological polar surface area (TPSA) is 111 Å². The van der Waals surface area contributed by atoms with Crippen LogP contribution in [0.1, 0.15) is 174 Å². The first-order valence-corrected chi connectivity index (χ1v) is 24.0. The van der Waals surface area contributed by atoms with Crippen LogP contribution in [0, 0.1) is 0 Å². The summed E-state index contributed by atoms with van der Waals surface area (Å²) in [5, 5.41) is 0. The highest BCUT2D eigenvalue weighted by atomic mass is 31.2. The maximum atomic E-state index is 12.7. The summed E-state index contributed by atoms with van der Waals surface area (Å²) in [7, 11) is 1.13. The molecule has 0 amide bonds. The van der Waals surface area contributed by atoms with Gasteiger partial charge in [-0.2, -0.15) is 0 Å². The van der Waals surface area contributed by atoms with Crippen LogP contribution in [0.25, 0.3) is 0 Å². The molecule has 2 atom stereocenters. The first-order valence-electron chi connectivity index (χ1n) is 22.5. The normalized spacial score (nSPS) is 14.1. The van der Waals surface area contributed by atoms with Gasteiger partial charge in [0.1, 0.15) is 19.8 Å². The molecule has 0 fully saturated rings. The Bertz CT molecular complexity index is 1160. The van der Waals surface area contributed by atoms with E-state index in [4.69, 9.17) is 18.5 Å². The quantitative estimate of drug-likeness (QED) is 0.0197. The van der Waals surface area contributed by atoms with Crippen molar-refractivity contribution < 1.29 is 42.1 Å². The van der Waals surface area contributed by atoms with E-state index in [1.165, 1.54) is 64.2 Å². The van der Waals surface area contributed by atoms with Crippen LogP contribution >= 0.6 is 7.82 Å². The molecule has 57 heavy (non-hydrogen) atoms. The molecule has 0 bridgehead atoms. The Kier molecular flexibility index (Phi) is 37.6. The van der Waals surface area contributed by atoms with Gasteiger partial charge < -0.3 is 27.9 Å². The fraction of sp³-hybridized carbons (Fsp3) is 0.745. The fourth-order valence-corrected chi connectivity index (χ4v) is 6.42. The van der Waals surface area contributed by atoms with Crippen LogP contribution in [0.5, 0.6) is 0 Å². The minimum absolute atomic E-state index is 0.0410. The number of phosphoric ester groups is 1. The summed E-state index contributed by atoms with van der Waals surface area (Å²) < 4.78 is 33.9. The lowest BCUT2D eigenvalue weighted by molar-refractivity contribution is -0.870. The molecule has 0 aromatic rings.